The first-order valence-corrected chi connectivity index (χ1v) is 13.2. The van der Waals surface area contributed by atoms with E-state index in [1.807, 2.05) is 60.7 Å². The number of benzene rings is 3. The van der Waals surface area contributed by atoms with Gasteiger partial charge < -0.3 is 19.9 Å². The molecular formula is C30H32ClF3N2O3. The number of rotatable bonds is 7. The third-order valence-corrected chi connectivity index (χ3v) is 8.01. The summed E-state index contributed by atoms with van der Waals surface area (Å²) >= 11 is 5.77. The van der Waals surface area contributed by atoms with Crippen LogP contribution >= 0.6 is 11.6 Å². The quantitative estimate of drug-likeness (QED) is 0.279. The zero-order chi connectivity index (χ0) is 28.5. The molecule has 39 heavy (non-hydrogen) atoms. The van der Waals surface area contributed by atoms with Gasteiger partial charge >= 0.3 is 12.1 Å². The zero-order valence-corrected chi connectivity index (χ0v) is 22.7. The molecule has 3 aromatic carbocycles. The highest BCUT2D eigenvalue weighted by molar-refractivity contribution is 6.31. The van der Waals surface area contributed by atoms with E-state index in [1.54, 1.807) is 0 Å². The summed E-state index contributed by atoms with van der Waals surface area (Å²) in [6.45, 7) is 1.26. The number of hydrogen-bond donors (Lipinski definition) is 1. The van der Waals surface area contributed by atoms with Crippen LogP contribution in [0.15, 0.2) is 78.9 Å². The van der Waals surface area contributed by atoms with E-state index >= 15 is 0 Å². The van der Waals surface area contributed by atoms with Crippen LogP contribution in [0.25, 0.3) is 0 Å². The van der Waals surface area contributed by atoms with E-state index in [4.69, 9.17) is 11.6 Å². The van der Waals surface area contributed by atoms with Gasteiger partial charge in [-0.05, 0) is 54.6 Å². The van der Waals surface area contributed by atoms with Crippen molar-refractivity contribution < 1.29 is 27.7 Å². The van der Waals surface area contributed by atoms with Crippen molar-refractivity contribution in [1.29, 1.82) is 0 Å². The van der Waals surface area contributed by atoms with E-state index in [-0.39, 0.29) is 18.4 Å². The number of likely N-dealkylation sites (N-methyl/N-ethyl adjacent to an activating group) is 1. The highest BCUT2D eigenvalue weighted by Gasteiger charge is 2.48. The number of amides is 1. The Balaban J connectivity index is 1.59. The molecule has 1 N–H and O–H groups in total. The molecule has 208 valence electrons. The summed E-state index contributed by atoms with van der Waals surface area (Å²) in [5.41, 5.74) is -1.98. The Morgan fingerprint density at radius 3 is 1.95 bits per heavy atom. The molecule has 9 heteroatoms. The van der Waals surface area contributed by atoms with Gasteiger partial charge in [0.2, 0.25) is 0 Å². The van der Waals surface area contributed by atoms with Gasteiger partial charge in [-0.15, -0.1) is 0 Å². The molecule has 5 nitrogen and oxygen atoms in total. The number of alkyl halides is 3. The normalized spacial score (nSPS) is 16.7. The Bertz CT molecular complexity index is 1250. The molecule has 1 amide bonds. The minimum absolute atomic E-state index is 0.183. The summed E-state index contributed by atoms with van der Waals surface area (Å²) < 4.78 is 39.1. The van der Waals surface area contributed by atoms with Crippen molar-refractivity contribution in [2.45, 2.75) is 36.5 Å². The van der Waals surface area contributed by atoms with Crippen LogP contribution in [0, 0.1) is 5.21 Å². The first-order valence-electron chi connectivity index (χ1n) is 12.8. The number of quaternary nitrogens is 1. The van der Waals surface area contributed by atoms with E-state index in [0.29, 0.717) is 26.1 Å². The van der Waals surface area contributed by atoms with Crippen molar-refractivity contribution >= 4 is 17.5 Å². The predicted octanol–water partition coefficient (Wildman–Crippen LogP) is 6.12. The number of aliphatic hydroxyl groups is 1. The number of likely N-dealkylation sites (tertiary alicyclic amines) is 1. The van der Waals surface area contributed by atoms with Crippen molar-refractivity contribution in [3.05, 3.63) is 111 Å². The van der Waals surface area contributed by atoms with Crippen molar-refractivity contribution in [2.75, 3.05) is 33.7 Å². The van der Waals surface area contributed by atoms with Gasteiger partial charge in [-0.1, -0.05) is 78.3 Å². The van der Waals surface area contributed by atoms with Crippen LogP contribution in [0.5, 0.6) is 0 Å². The second-order valence-electron chi connectivity index (χ2n) is 10.6. The Kier molecular flexibility index (Phi) is 8.26. The van der Waals surface area contributed by atoms with Gasteiger partial charge in [0.25, 0.3) is 0 Å². The molecule has 0 aliphatic carbocycles. The highest BCUT2D eigenvalue weighted by Crippen LogP contribution is 2.42. The SMILES string of the molecule is C[N+](C)([O-])C(=O)C(CCN1CCC(O)(c2ccc(Cl)c(C(F)(F)F)c2)CC1)(c1ccccc1)c1ccccc1. The van der Waals surface area contributed by atoms with E-state index in [1.165, 1.54) is 26.2 Å². The molecule has 3 aromatic rings. The van der Waals surface area contributed by atoms with Crippen molar-refractivity contribution in [1.82, 2.24) is 4.90 Å². The molecule has 0 unspecified atom stereocenters. The molecular weight excluding hydrogens is 529 g/mol. The van der Waals surface area contributed by atoms with Gasteiger partial charge in [-0.25, -0.2) is 4.79 Å². The number of nitrogens with zero attached hydrogens (tertiary/aromatic N) is 2. The largest absolute Gasteiger partial charge is 0.626 e. The number of hydroxylamine groups is 3. The first kappa shape index (κ1) is 29.2. The molecule has 1 heterocycles. The molecule has 0 radical (unpaired) electrons. The molecule has 1 fully saturated rings. The lowest BCUT2D eigenvalue weighted by Gasteiger charge is -2.43. The van der Waals surface area contributed by atoms with Crippen LogP contribution in [-0.4, -0.2) is 54.3 Å². The fraction of sp³-hybridized carbons (Fsp3) is 0.367. The van der Waals surface area contributed by atoms with Gasteiger partial charge in [0.15, 0.2) is 0 Å². The fourth-order valence-electron chi connectivity index (χ4n) is 5.51. The van der Waals surface area contributed by atoms with Gasteiger partial charge in [0.05, 0.1) is 30.3 Å². The Morgan fingerprint density at radius 2 is 1.49 bits per heavy atom. The maximum atomic E-state index is 13.9. The minimum Gasteiger partial charge on any atom is -0.626 e. The summed E-state index contributed by atoms with van der Waals surface area (Å²) in [7, 11) is 2.65. The van der Waals surface area contributed by atoms with E-state index in [2.05, 4.69) is 4.90 Å². The second-order valence-corrected chi connectivity index (χ2v) is 11.0. The van der Waals surface area contributed by atoms with Gasteiger partial charge in [0, 0.05) is 13.1 Å². The van der Waals surface area contributed by atoms with Crippen LogP contribution in [0.2, 0.25) is 5.02 Å². The molecule has 4 rings (SSSR count). The second kappa shape index (κ2) is 11.0. The molecule has 1 aliphatic heterocycles. The fourth-order valence-corrected chi connectivity index (χ4v) is 5.73. The zero-order valence-electron chi connectivity index (χ0n) is 21.9. The molecule has 1 saturated heterocycles. The average molecular weight is 561 g/mol. The maximum Gasteiger partial charge on any atom is 0.417 e. The maximum absolute atomic E-state index is 13.9. The number of halogens is 4. The molecule has 0 bridgehead atoms. The lowest BCUT2D eigenvalue weighted by Crippen LogP contribution is -2.54. The van der Waals surface area contributed by atoms with Gasteiger partial charge in [-0.3, -0.25) is 0 Å². The first-order chi connectivity index (χ1) is 18.3. The lowest BCUT2D eigenvalue weighted by atomic mass is 9.70. The summed E-state index contributed by atoms with van der Waals surface area (Å²) in [4.78, 5) is 16.0. The Labute approximate surface area is 231 Å². The van der Waals surface area contributed by atoms with Crippen molar-refractivity contribution in [3.63, 3.8) is 0 Å². The monoisotopic (exact) mass is 560 g/mol. The lowest BCUT2D eigenvalue weighted by molar-refractivity contribution is -0.762. The molecule has 1 aliphatic rings. The minimum atomic E-state index is -4.62. The Morgan fingerprint density at radius 1 is 0.974 bits per heavy atom. The summed E-state index contributed by atoms with van der Waals surface area (Å²) in [6, 6.07) is 22.0. The predicted molar refractivity (Wildman–Crippen MR) is 145 cm³/mol. The number of carbonyl (C=O) groups is 1. The van der Waals surface area contributed by atoms with E-state index < -0.39 is 38.3 Å². The number of carbonyl (C=O) groups excluding carboxylic acids is 1. The van der Waals surface area contributed by atoms with Crippen molar-refractivity contribution in [3.8, 4) is 0 Å². The van der Waals surface area contributed by atoms with Crippen LogP contribution < -0.4 is 0 Å². The van der Waals surface area contributed by atoms with Crippen LogP contribution in [-0.2, 0) is 22.0 Å². The van der Waals surface area contributed by atoms with Crippen LogP contribution in [0.3, 0.4) is 0 Å². The highest BCUT2D eigenvalue weighted by atomic mass is 35.5. The van der Waals surface area contributed by atoms with Crippen LogP contribution in [0.1, 0.15) is 41.5 Å². The van der Waals surface area contributed by atoms with Gasteiger partial charge in [-0.2, -0.15) is 13.2 Å². The van der Waals surface area contributed by atoms with E-state index in [9.17, 15) is 28.3 Å². The molecule has 0 spiro atoms. The summed E-state index contributed by atoms with van der Waals surface area (Å²) in [5, 5.41) is 23.9. The van der Waals surface area contributed by atoms with E-state index in [0.717, 1.165) is 17.2 Å². The summed E-state index contributed by atoms with van der Waals surface area (Å²) in [5.74, 6) is -0.491. The third-order valence-electron chi connectivity index (χ3n) is 7.68. The van der Waals surface area contributed by atoms with Crippen molar-refractivity contribution in [2.24, 2.45) is 0 Å². The van der Waals surface area contributed by atoms with Crippen LogP contribution in [0.4, 0.5) is 13.2 Å². The topological polar surface area (TPSA) is 63.6 Å². The number of hydrogen-bond acceptors (Lipinski definition) is 4. The standard InChI is InChI=1S/C30H32ClF3N2O3/c1-36(2,39)27(37)29(22-9-5-3-6-10-22,23-11-7-4-8-12-23)17-20-35-18-15-28(38,16-19-35)24-13-14-26(31)25(21-24)30(32,33)34/h3-14,21,38H,15-20H2,1-2H3. The number of piperidine rings is 1. The average Bonchev–Trinajstić information content (AvgIpc) is 2.90. The molecule has 0 saturated carbocycles. The molecule has 0 atom stereocenters. The Hall–Kier alpha value is -2.75. The smallest absolute Gasteiger partial charge is 0.417 e. The molecule has 0 aromatic heterocycles. The third kappa shape index (κ3) is 6.05. The summed E-state index contributed by atoms with van der Waals surface area (Å²) in [6.07, 6.45) is -3.87. The van der Waals surface area contributed by atoms with Gasteiger partial charge in [0.1, 0.15) is 5.41 Å².